The molecule has 0 saturated carbocycles. The second-order valence-corrected chi connectivity index (χ2v) is 13.3. The number of likely N-dealkylation sites (N-methyl/N-ethyl adjacent to an activating group) is 1. The Kier molecular flexibility index (Phi) is 17.9. The minimum Gasteiger partial charge on any atom is -0.379 e. The number of azo groups is 1. The van der Waals surface area contributed by atoms with Crippen molar-refractivity contribution in [2.45, 2.75) is 20.3 Å². The van der Waals surface area contributed by atoms with Gasteiger partial charge < -0.3 is 29.3 Å². The number of hydrogen-bond donors (Lipinski definition) is 1. The predicted molar refractivity (Wildman–Crippen MR) is 218 cm³/mol. The van der Waals surface area contributed by atoms with Crippen LogP contribution in [0, 0.1) is 6.92 Å². The van der Waals surface area contributed by atoms with Crippen LogP contribution in [0.1, 0.15) is 28.7 Å². The maximum atomic E-state index is 13.1. The van der Waals surface area contributed by atoms with Gasteiger partial charge in [-0.2, -0.15) is 10.2 Å². The molecular formula is C40H51N13O5. The SMILES string of the molecule is CCN(CCN1CCN(C(=O)Cc2ccc(-c3nnc(C)nn3)cc2)CC1)c1ccc(/N=N/c2ccc(C(=O)NCCOCCOCCOCCN=[N+]=[N-])cc2)cc1. The highest BCUT2D eigenvalue weighted by Crippen LogP contribution is 2.23. The number of ether oxygens (including phenoxy) is 3. The highest BCUT2D eigenvalue weighted by Gasteiger charge is 2.21. The second kappa shape index (κ2) is 24.0. The number of benzene rings is 3. The Morgan fingerprint density at radius 1 is 0.793 bits per heavy atom. The number of nitrogens with one attached hydrogen (secondary N) is 1. The van der Waals surface area contributed by atoms with E-state index in [-0.39, 0.29) is 11.8 Å². The number of piperazine rings is 1. The van der Waals surface area contributed by atoms with Crippen molar-refractivity contribution in [1.82, 2.24) is 35.5 Å². The Hall–Kier alpha value is -5.91. The second-order valence-electron chi connectivity index (χ2n) is 13.3. The minimum absolute atomic E-state index is 0.132. The van der Waals surface area contributed by atoms with Gasteiger partial charge in [0.2, 0.25) is 11.7 Å². The molecule has 1 aliphatic rings. The molecule has 0 aliphatic carbocycles. The third kappa shape index (κ3) is 14.5. The van der Waals surface area contributed by atoms with Crippen molar-refractivity contribution in [2.24, 2.45) is 15.3 Å². The van der Waals surface area contributed by atoms with E-state index in [0.717, 1.165) is 55.2 Å². The molecule has 3 aromatic carbocycles. The Labute approximate surface area is 338 Å². The van der Waals surface area contributed by atoms with Gasteiger partial charge >= 0.3 is 0 Å². The van der Waals surface area contributed by atoms with Crippen LogP contribution in [-0.4, -0.2) is 141 Å². The zero-order chi connectivity index (χ0) is 40.8. The largest absolute Gasteiger partial charge is 0.379 e. The van der Waals surface area contributed by atoms with E-state index >= 15 is 0 Å². The summed E-state index contributed by atoms with van der Waals surface area (Å²) in [5.41, 5.74) is 13.0. The molecule has 4 aromatic rings. The van der Waals surface area contributed by atoms with Gasteiger partial charge in [-0.25, -0.2) is 0 Å². The maximum Gasteiger partial charge on any atom is 0.251 e. The fraction of sp³-hybridized carbons (Fsp3) is 0.450. The van der Waals surface area contributed by atoms with Gasteiger partial charge in [-0.15, -0.1) is 20.4 Å². The molecule has 18 heteroatoms. The molecule has 1 aromatic heterocycles. The molecule has 1 N–H and O–H groups in total. The molecule has 0 unspecified atom stereocenters. The van der Waals surface area contributed by atoms with Gasteiger partial charge in [0.25, 0.3) is 5.91 Å². The lowest BCUT2D eigenvalue weighted by molar-refractivity contribution is -0.132. The number of nitrogens with zero attached hydrogens (tertiary/aromatic N) is 12. The standard InChI is InChI=1S/C40H51N13O5/c1-3-52(21-18-51-19-22-53(23-20-51)38(54)30-32-4-6-33(7-5-32)39-48-44-31(2)45-49-39)37-14-12-36(13-15-37)47-46-35-10-8-34(9-11-35)40(55)42-16-24-56-26-28-58-29-27-57-25-17-43-50-41/h4-15H,3,16-30H2,1-2H3,(H,42,55)/b47-46+. The fourth-order valence-corrected chi connectivity index (χ4v) is 5.96. The number of aryl methyl sites for hydroxylation is 1. The highest BCUT2D eigenvalue weighted by atomic mass is 16.5. The number of hydrogen-bond acceptors (Lipinski definition) is 14. The summed E-state index contributed by atoms with van der Waals surface area (Å²) < 4.78 is 16.1. The van der Waals surface area contributed by atoms with Crippen molar-refractivity contribution in [1.29, 1.82) is 0 Å². The van der Waals surface area contributed by atoms with E-state index in [2.05, 4.69) is 74.8 Å². The first-order chi connectivity index (χ1) is 28.4. The highest BCUT2D eigenvalue weighted by molar-refractivity contribution is 5.94. The van der Waals surface area contributed by atoms with Gasteiger partial charge in [-0.1, -0.05) is 29.4 Å². The Balaban J connectivity index is 0.950. The summed E-state index contributed by atoms with van der Waals surface area (Å²) in [5, 5.41) is 31.0. The van der Waals surface area contributed by atoms with Gasteiger partial charge in [0.05, 0.1) is 57.4 Å². The van der Waals surface area contributed by atoms with Crippen LogP contribution in [0.4, 0.5) is 17.1 Å². The number of anilines is 1. The molecule has 0 atom stereocenters. The van der Waals surface area contributed by atoms with Crippen molar-refractivity contribution in [2.75, 3.05) is 103 Å². The summed E-state index contributed by atoms with van der Waals surface area (Å²) in [7, 11) is 0. The minimum atomic E-state index is -0.199. The van der Waals surface area contributed by atoms with Crippen LogP contribution in [-0.2, 0) is 25.4 Å². The average Bonchev–Trinajstić information content (AvgIpc) is 3.26. The lowest BCUT2D eigenvalue weighted by Crippen LogP contribution is -2.50. The zero-order valence-electron chi connectivity index (χ0n) is 33.1. The topological polar surface area (TPSA) is 209 Å². The molecule has 0 spiro atoms. The van der Waals surface area contributed by atoms with E-state index in [9.17, 15) is 9.59 Å². The van der Waals surface area contributed by atoms with Crippen LogP contribution in [0.25, 0.3) is 21.8 Å². The number of carbonyl (C=O) groups is 2. The summed E-state index contributed by atoms with van der Waals surface area (Å²) in [6.45, 7) is 12.7. The van der Waals surface area contributed by atoms with E-state index in [0.29, 0.717) is 95.1 Å². The number of rotatable bonds is 23. The quantitative estimate of drug-likeness (QED) is 0.0459. The van der Waals surface area contributed by atoms with E-state index < -0.39 is 0 Å². The Bertz CT molecular complexity index is 1920. The molecule has 58 heavy (non-hydrogen) atoms. The Morgan fingerprint density at radius 2 is 1.40 bits per heavy atom. The molecule has 18 nitrogen and oxygen atoms in total. The van der Waals surface area contributed by atoms with Gasteiger partial charge in [0, 0.05) is 80.6 Å². The molecule has 0 bridgehead atoms. The number of carbonyl (C=O) groups excluding carboxylic acids is 2. The van der Waals surface area contributed by atoms with E-state index in [4.69, 9.17) is 19.7 Å². The van der Waals surface area contributed by atoms with Gasteiger partial charge in [0.15, 0.2) is 5.82 Å². The van der Waals surface area contributed by atoms with Crippen molar-refractivity contribution in [3.05, 3.63) is 100 Å². The van der Waals surface area contributed by atoms with Crippen molar-refractivity contribution < 1.29 is 23.8 Å². The first-order valence-electron chi connectivity index (χ1n) is 19.4. The first-order valence-corrected chi connectivity index (χ1v) is 19.4. The molecule has 306 valence electrons. The van der Waals surface area contributed by atoms with Crippen LogP contribution in [0.3, 0.4) is 0 Å². The Morgan fingerprint density at radius 3 is 2.02 bits per heavy atom. The fourth-order valence-electron chi connectivity index (χ4n) is 5.96. The molecule has 2 amide bonds. The van der Waals surface area contributed by atoms with Crippen LogP contribution in [0.5, 0.6) is 0 Å². The summed E-state index contributed by atoms with van der Waals surface area (Å²) >= 11 is 0. The van der Waals surface area contributed by atoms with Gasteiger partial charge in [-0.05, 0) is 73.5 Å². The van der Waals surface area contributed by atoms with Crippen LogP contribution in [0.15, 0.2) is 88.1 Å². The summed E-state index contributed by atoms with van der Waals surface area (Å²) in [6, 6.07) is 22.6. The van der Waals surface area contributed by atoms with Gasteiger partial charge in [0.1, 0.15) is 0 Å². The normalized spacial score (nSPS) is 13.0. The van der Waals surface area contributed by atoms with Crippen LogP contribution >= 0.6 is 0 Å². The molecule has 1 saturated heterocycles. The molecule has 0 radical (unpaired) electrons. The molecular weight excluding hydrogens is 743 g/mol. The molecule has 2 heterocycles. The zero-order valence-corrected chi connectivity index (χ0v) is 33.1. The molecule has 1 fully saturated rings. The van der Waals surface area contributed by atoms with Crippen LogP contribution < -0.4 is 10.2 Å². The predicted octanol–water partition coefficient (Wildman–Crippen LogP) is 4.96. The third-order valence-electron chi connectivity index (χ3n) is 9.24. The molecule has 5 rings (SSSR count). The summed E-state index contributed by atoms with van der Waals surface area (Å²) in [6.07, 6.45) is 0.356. The smallest absolute Gasteiger partial charge is 0.251 e. The monoisotopic (exact) mass is 793 g/mol. The number of azide groups is 1. The van der Waals surface area contributed by atoms with Gasteiger partial charge in [-0.3, -0.25) is 14.5 Å². The van der Waals surface area contributed by atoms with E-state index in [1.54, 1.807) is 31.2 Å². The average molecular weight is 794 g/mol. The van der Waals surface area contributed by atoms with Crippen molar-refractivity contribution in [3.8, 4) is 11.4 Å². The summed E-state index contributed by atoms with van der Waals surface area (Å²) in [5.74, 6) is 0.917. The number of aromatic nitrogens is 4. The third-order valence-corrected chi connectivity index (χ3v) is 9.24. The van der Waals surface area contributed by atoms with Crippen LogP contribution in [0.2, 0.25) is 0 Å². The lowest BCUT2D eigenvalue weighted by atomic mass is 10.1. The molecule has 1 aliphatic heterocycles. The van der Waals surface area contributed by atoms with E-state index in [1.807, 2.05) is 41.3 Å². The van der Waals surface area contributed by atoms with E-state index in [1.165, 1.54) is 0 Å². The number of amides is 2. The first kappa shape index (κ1) is 43.2. The lowest BCUT2D eigenvalue weighted by Gasteiger charge is -2.36. The summed E-state index contributed by atoms with van der Waals surface area (Å²) in [4.78, 5) is 34.9. The van der Waals surface area contributed by atoms with Crippen molar-refractivity contribution in [3.63, 3.8) is 0 Å². The van der Waals surface area contributed by atoms with Crippen molar-refractivity contribution >= 4 is 28.9 Å². The maximum absolute atomic E-state index is 13.1.